The Labute approximate surface area is 92.4 Å². The monoisotopic (exact) mass is 238 g/mol. The van der Waals surface area contributed by atoms with Crippen molar-refractivity contribution in [2.24, 2.45) is 11.1 Å². The SMILES string of the molecule is CCOCC(NCCS(N)(=O)=O)C(C)C. The maximum Gasteiger partial charge on any atom is 0.210 e. The first-order chi connectivity index (χ1) is 6.87. The van der Waals surface area contributed by atoms with Gasteiger partial charge in [0.1, 0.15) is 0 Å². The zero-order chi connectivity index (χ0) is 11.9. The standard InChI is InChI=1S/C9H22N2O3S/c1-4-14-7-9(8(2)3)11-5-6-15(10,12)13/h8-9,11H,4-7H2,1-3H3,(H2,10,12,13). The van der Waals surface area contributed by atoms with Crippen molar-refractivity contribution in [3.05, 3.63) is 0 Å². The van der Waals surface area contributed by atoms with Crippen LogP contribution in [0.3, 0.4) is 0 Å². The van der Waals surface area contributed by atoms with Gasteiger partial charge in [-0.15, -0.1) is 0 Å². The van der Waals surface area contributed by atoms with Crippen LogP contribution in [0.25, 0.3) is 0 Å². The Hall–Kier alpha value is -0.170. The molecule has 6 heteroatoms. The van der Waals surface area contributed by atoms with Crippen molar-refractivity contribution in [2.75, 3.05) is 25.5 Å². The zero-order valence-corrected chi connectivity index (χ0v) is 10.5. The highest BCUT2D eigenvalue weighted by Gasteiger charge is 2.13. The second-order valence-corrected chi connectivity index (χ2v) is 5.57. The van der Waals surface area contributed by atoms with E-state index in [1.165, 1.54) is 0 Å². The van der Waals surface area contributed by atoms with Gasteiger partial charge >= 0.3 is 0 Å². The van der Waals surface area contributed by atoms with Crippen LogP contribution in [0.2, 0.25) is 0 Å². The van der Waals surface area contributed by atoms with Gasteiger partial charge in [0.05, 0.1) is 12.4 Å². The third-order valence-electron chi connectivity index (χ3n) is 2.10. The van der Waals surface area contributed by atoms with Crippen LogP contribution in [0, 0.1) is 5.92 Å². The van der Waals surface area contributed by atoms with Crippen LogP contribution in [0.5, 0.6) is 0 Å². The highest BCUT2D eigenvalue weighted by Crippen LogP contribution is 2.01. The first kappa shape index (κ1) is 14.8. The number of nitrogens with one attached hydrogen (secondary N) is 1. The van der Waals surface area contributed by atoms with Crippen LogP contribution in [0.4, 0.5) is 0 Å². The van der Waals surface area contributed by atoms with Crippen molar-refractivity contribution >= 4 is 10.0 Å². The Kier molecular flexibility index (Phi) is 7.08. The zero-order valence-electron chi connectivity index (χ0n) is 9.69. The van der Waals surface area contributed by atoms with E-state index in [1.807, 2.05) is 6.92 Å². The van der Waals surface area contributed by atoms with E-state index in [0.29, 0.717) is 25.7 Å². The van der Waals surface area contributed by atoms with Gasteiger partial charge in [-0.1, -0.05) is 13.8 Å². The van der Waals surface area contributed by atoms with E-state index in [1.54, 1.807) is 0 Å². The van der Waals surface area contributed by atoms with Gasteiger partial charge in [-0.2, -0.15) is 0 Å². The summed E-state index contributed by atoms with van der Waals surface area (Å²) >= 11 is 0. The molecule has 0 saturated carbocycles. The molecule has 0 rings (SSSR count). The van der Waals surface area contributed by atoms with Crippen molar-refractivity contribution in [3.8, 4) is 0 Å². The van der Waals surface area contributed by atoms with Gasteiger partial charge in [0.2, 0.25) is 10.0 Å². The summed E-state index contributed by atoms with van der Waals surface area (Å²) in [5.41, 5.74) is 0. The topological polar surface area (TPSA) is 81.4 Å². The molecule has 0 amide bonds. The molecule has 0 heterocycles. The molecule has 3 N–H and O–H groups in total. The van der Waals surface area contributed by atoms with Crippen LogP contribution in [0.15, 0.2) is 0 Å². The number of sulfonamides is 1. The Morgan fingerprint density at radius 1 is 1.40 bits per heavy atom. The van der Waals surface area contributed by atoms with Gasteiger partial charge in [0, 0.05) is 19.2 Å². The molecule has 1 atom stereocenters. The van der Waals surface area contributed by atoms with Crippen LogP contribution in [-0.2, 0) is 14.8 Å². The summed E-state index contributed by atoms with van der Waals surface area (Å²) in [7, 11) is -3.37. The molecular weight excluding hydrogens is 216 g/mol. The molecule has 0 aromatic rings. The lowest BCUT2D eigenvalue weighted by Gasteiger charge is -2.21. The van der Waals surface area contributed by atoms with E-state index in [0.717, 1.165) is 0 Å². The fourth-order valence-electron chi connectivity index (χ4n) is 1.12. The molecule has 5 nitrogen and oxygen atoms in total. The van der Waals surface area contributed by atoms with Crippen LogP contribution in [0.1, 0.15) is 20.8 Å². The van der Waals surface area contributed by atoms with Gasteiger partial charge < -0.3 is 10.1 Å². The van der Waals surface area contributed by atoms with E-state index >= 15 is 0 Å². The molecule has 0 aromatic carbocycles. The van der Waals surface area contributed by atoms with Crippen molar-refractivity contribution in [3.63, 3.8) is 0 Å². The summed E-state index contributed by atoms with van der Waals surface area (Å²) in [5.74, 6) is 0.361. The molecule has 15 heavy (non-hydrogen) atoms. The third kappa shape index (κ3) is 8.80. The second kappa shape index (κ2) is 7.16. The van der Waals surface area contributed by atoms with E-state index in [2.05, 4.69) is 19.2 Å². The molecule has 0 spiro atoms. The molecule has 0 radical (unpaired) electrons. The Balaban J connectivity index is 3.86. The van der Waals surface area contributed by atoms with Crippen molar-refractivity contribution in [1.29, 1.82) is 0 Å². The summed E-state index contributed by atoms with van der Waals surface area (Å²) < 4.78 is 26.7. The number of rotatable bonds is 8. The van der Waals surface area contributed by atoms with E-state index in [9.17, 15) is 8.42 Å². The highest BCUT2D eigenvalue weighted by molar-refractivity contribution is 7.89. The molecule has 0 aliphatic carbocycles. The van der Waals surface area contributed by atoms with E-state index in [4.69, 9.17) is 9.88 Å². The average molecular weight is 238 g/mol. The summed E-state index contributed by atoms with van der Waals surface area (Å²) in [5, 5.41) is 8.03. The fourth-order valence-corrected chi connectivity index (χ4v) is 1.52. The minimum atomic E-state index is -3.37. The molecule has 0 saturated heterocycles. The lowest BCUT2D eigenvalue weighted by atomic mass is 10.1. The average Bonchev–Trinajstić information content (AvgIpc) is 2.08. The van der Waals surface area contributed by atoms with Gasteiger partial charge in [-0.3, -0.25) is 0 Å². The summed E-state index contributed by atoms with van der Waals surface area (Å²) in [6, 6.07) is 0.173. The highest BCUT2D eigenvalue weighted by atomic mass is 32.2. The maximum absolute atomic E-state index is 10.7. The van der Waals surface area contributed by atoms with Gasteiger partial charge in [0.25, 0.3) is 0 Å². The first-order valence-corrected chi connectivity index (χ1v) is 6.90. The molecule has 0 aliphatic heterocycles. The molecule has 0 fully saturated rings. The first-order valence-electron chi connectivity index (χ1n) is 5.18. The lowest BCUT2D eigenvalue weighted by molar-refractivity contribution is 0.109. The van der Waals surface area contributed by atoms with E-state index < -0.39 is 10.0 Å². The maximum atomic E-state index is 10.7. The van der Waals surface area contributed by atoms with Crippen LogP contribution in [-0.4, -0.2) is 40.0 Å². The molecule has 0 bridgehead atoms. The number of hydrogen-bond acceptors (Lipinski definition) is 4. The Morgan fingerprint density at radius 2 is 2.00 bits per heavy atom. The van der Waals surface area contributed by atoms with Gasteiger partial charge in [-0.25, -0.2) is 13.6 Å². The summed E-state index contributed by atoms with van der Waals surface area (Å²) in [6.07, 6.45) is 0. The molecule has 92 valence electrons. The molecule has 1 unspecified atom stereocenters. The largest absolute Gasteiger partial charge is 0.380 e. The molecular formula is C9H22N2O3S. The summed E-state index contributed by atoms with van der Waals surface area (Å²) in [4.78, 5) is 0. The predicted octanol–water partition coefficient (Wildman–Crippen LogP) is -0.0744. The van der Waals surface area contributed by atoms with Crippen LogP contribution < -0.4 is 10.5 Å². The van der Waals surface area contributed by atoms with E-state index in [-0.39, 0.29) is 11.8 Å². The van der Waals surface area contributed by atoms with Crippen molar-refractivity contribution < 1.29 is 13.2 Å². The fraction of sp³-hybridized carbons (Fsp3) is 1.00. The number of nitrogens with two attached hydrogens (primary N) is 1. The predicted molar refractivity (Wildman–Crippen MR) is 61.1 cm³/mol. The minimum absolute atomic E-state index is 0.0393. The normalized spacial score (nSPS) is 14.5. The molecule has 0 aliphatic rings. The minimum Gasteiger partial charge on any atom is -0.380 e. The quantitative estimate of drug-likeness (QED) is 0.620. The smallest absolute Gasteiger partial charge is 0.210 e. The molecule has 0 aromatic heterocycles. The summed E-state index contributed by atoms with van der Waals surface area (Å²) in [6.45, 7) is 7.69. The van der Waals surface area contributed by atoms with Crippen molar-refractivity contribution in [2.45, 2.75) is 26.8 Å². The third-order valence-corrected chi connectivity index (χ3v) is 2.87. The van der Waals surface area contributed by atoms with Crippen LogP contribution >= 0.6 is 0 Å². The lowest BCUT2D eigenvalue weighted by Crippen LogP contribution is -2.41. The van der Waals surface area contributed by atoms with Gasteiger partial charge in [0.15, 0.2) is 0 Å². The number of primary sulfonamides is 1. The number of hydrogen-bond donors (Lipinski definition) is 2. The van der Waals surface area contributed by atoms with Crippen molar-refractivity contribution in [1.82, 2.24) is 5.32 Å². The number of ether oxygens (including phenoxy) is 1. The second-order valence-electron chi connectivity index (χ2n) is 3.83. The van der Waals surface area contributed by atoms with Gasteiger partial charge in [-0.05, 0) is 12.8 Å². The Bertz CT molecular complexity index is 252. The Morgan fingerprint density at radius 3 is 2.40 bits per heavy atom.